The Morgan fingerprint density at radius 3 is 1.88 bits per heavy atom. The number of nitrogens with zero attached hydrogens (tertiary/aromatic N) is 1. The van der Waals surface area contributed by atoms with Gasteiger partial charge in [0, 0.05) is 12.7 Å². The number of likely N-dealkylation sites (N-methyl/N-ethyl adjacent to an activating group) is 1. The van der Waals surface area contributed by atoms with Crippen molar-refractivity contribution in [1.82, 2.24) is 4.90 Å². The highest BCUT2D eigenvalue weighted by Crippen LogP contribution is 2.22. The molecule has 0 amide bonds. The molecule has 16 heavy (non-hydrogen) atoms. The molecule has 0 aromatic heterocycles. The molecular formula is C15H27N. The van der Waals surface area contributed by atoms with Crippen molar-refractivity contribution in [3.05, 3.63) is 36.6 Å². The van der Waals surface area contributed by atoms with E-state index in [0.717, 1.165) is 12.8 Å². The molecule has 0 rings (SSSR count). The van der Waals surface area contributed by atoms with E-state index in [-0.39, 0.29) is 0 Å². The van der Waals surface area contributed by atoms with E-state index in [0.29, 0.717) is 12.0 Å². The van der Waals surface area contributed by atoms with Crippen molar-refractivity contribution in [3.63, 3.8) is 0 Å². The molecule has 1 atom stereocenters. The maximum absolute atomic E-state index is 4.16. The van der Waals surface area contributed by atoms with E-state index in [1.807, 2.05) is 0 Å². The molecule has 0 radical (unpaired) electrons. The largest absolute Gasteiger partial charge is 0.371 e. The lowest BCUT2D eigenvalue weighted by molar-refractivity contribution is 0.268. The highest BCUT2D eigenvalue weighted by molar-refractivity contribution is 5.10. The molecule has 0 saturated carbocycles. The summed E-state index contributed by atoms with van der Waals surface area (Å²) in [5.74, 6) is 0.559. The summed E-state index contributed by atoms with van der Waals surface area (Å²) in [6.07, 6.45) is 2.01. The van der Waals surface area contributed by atoms with Gasteiger partial charge in [0.15, 0.2) is 0 Å². The lowest BCUT2D eigenvalue weighted by atomic mass is 9.95. The second kappa shape index (κ2) is 6.57. The van der Waals surface area contributed by atoms with Crippen LogP contribution in [0.3, 0.4) is 0 Å². The Balaban J connectivity index is 4.49. The maximum atomic E-state index is 4.16. The smallest absolute Gasteiger partial charge is 0.0513 e. The third kappa shape index (κ3) is 4.69. The van der Waals surface area contributed by atoms with Crippen molar-refractivity contribution in [3.8, 4) is 0 Å². The van der Waals surface area contributed by atoms with E-state index < -0.39 is 0 Å². The molecule has 0 bridgehead atoms. The van der Waals surface area contributed by atoms with E-state index in [1.165, 1.54) is 16.8 Å². The van der Waals surface area contributed by atoms with Crippen molar-refractivity contribution in [2.45, 2.75) is 46.6 Å². The first kappa shape index (κ1) is 15.0. The van der Waals surface area contributed by atoms with Crippen LogP contribution < -0.4 is 0 Å². The fourth-order valence-electron chi connectivity index (χ4n) is 2.08. The average Bonchev–Trinajstić information content (AvgIpc) is 2.12. The van der Waals surface area contributed by atoms with Gasteiger partial charge in [0.05, 0.1) is 6.04 Å². The van der Waals surface area contributed by atoms with E-state index >= 15 is 0 Å². The van der Waals surface area contributed by atoms with Gasteiger partial charge in [0.2, 0.25) is 0 Å². The van der Waals surface area contributed by atoms with E-state index in [2.05, 4.69) is 59.4 Å². The summed E-state index contributed by atoms with van der Waals surface area (Å²) in [6.45, 7) is 20.8. The number of allylic oxidation sites excluding steroid dienone is 2. The van der Waals surface area contributed by atoms with Crippen LogP contribution in [0.1, 0.15) is 40.5 Å². The van der Waals surface area contributed by atoms with Gasteiger partial charge in [-0.25, -0.2) is 0 Å². The van der Waals surface area contributed by atoms with Gasteiger partial charge in [0.1, 0.15) is 0 Å². The summed E-state index contributed by atoms with van der Waals surface area (Å²) in [5.41, 5.74) is 3.59. The molecule has 0 saturated heterocycles. The van der Waals surface area contributed by atoms with Crippen LogP contribution in [-0.2, 0) is 0 Å². The van der Waals surface area contributed by atoms with Crippen molar-refractivity contribution in [2.24, 2.45) is 5.92 Å². The summed E-state index contributed by atoms with van der Waals surface area (Å²) < 4.78 is 0. The van der Waals surface area contributed by atoms with Crippen LogP contribution in [0.15, 0.2) is 36.6 Å². The van der Waals surface area contributed by atoms with Crippen LogP contribution in [0.4, 0.5) is 0 Å². The normalized spacial score (nSPS) is 12.4. The Kier molecular flexibility index (Phi) is 6.17. The zero-order valence-corrected chi connectivity index (χ0v) is 11.6. The average molecular weight is 221 g/mol. The predicted molar refractivity (Wildman–Crippen MR) is 74.4 cm³/mol. The first-order chi connectivity index (χ1) is 7.27. The molecule has 1 nitrogen and oxygen atoms in total. The topological polar surface area (TPSA) is 3.24 Å². The van der Waals surface area contributed by atoms with Crippen LogP contribution in [0.2, 0.25) is 0 Å². The molecule has 92 valence electrons. The van der Waals surface area contributed by atoms with Crippen molar-refractivity contribution < 1.29 is 0 Å². The monoisotopic (exact) mass is 221 g/mol. The standard InChI is InChI=1S/C15H27N/c1-11(2)9-10-14(7)16(8)15(12(3)4)13(5)6/h13,15H,1,3,7,9-10H2,2,4-6,8H3. The summed E-state index contributed by atoms with van der Waals surface area (Å²) in [7, 11) is 2.11. The van der Waals surface area contributed by atoms with E-state index in [9.17, 15) is 0 Å². The maximum Gasteiger partial charge on any atom is 0.0513 e. The molecule has 1 unspecified atom stereocenters. The summed E-state index contributed by atoms with van der Waals surface area (Å²) in [4.78, 5) is 2.26. The van der Waals surface area contributed by atoms with Crippen molar-refractivity contribution in [1.29, 1.82) is 0 Å². The Morgan fingerprint density at radius 1 is 1.06 bits per heavy atom. The zero-order chi connectivity index (χ0) is 12.9. The highest BCUT2D eigenvalue weighted by Gasteiger charge is 2.19. The molecule has 0 aliphatic rings. The zero-order valence-electron chi connectivity index (χ0n) is 11.6. The molecule has 0 fully saturated rings. The molecule has 0 aliphatic carbocycles. The SMILES string of the molecule is C=C(C)CCC(=C)N(C)C(C(=C)C)C(C)C. The molecule has 1 heteroatoms. The van der Waals surface area contributed by atoms with Crippen molar-refractivity contribution >= 4 is 0 Å². The molecule has 0 N–H and O–H groups in total. The van der Waals surface area contributed by atoms with Gasteiger partial charge in [-0.05, 0) is 32.6 Å². The molecule has 0 aromatic rings. The second-order valence-electron chi connectivity index (χ2n) is 5.17. The first-order valence-electron chi connectivity index (χ1n) is 5.97. The number of rotatable bonds is 7. The molecule has 0 spiro atoms. The van der Waals surface area contributed by atoms with Gasteiger partial charge >= 0.3 is 0 Å². The minimum Gasteiger partial charge on any atom is -0.371 e. The summed E-state index contributed by atoms with van der Waals surface area (Å²) >= 11 is 0. The molecular weight excluding hydrogens is 194 g/mol. The molecule has 0 aliphatic heterocycles. The predicted octanol–water partition coefficient (Wildman–Crippen LogP) is 4.39. The Bertz CT molecular complexity index is 273. The van der Waals surface area contributed by atoms with Gasteiger partial charge in [-0.3, -0.25) is 0 Å². The van der Waals surface area contributed by atoms with Gasteiger partial charge in [-0.1, -0.05) is 38.2 Å². The summed E-state index contributed by atoms with van der Waals surface area (Å²) in [5, 5.41) is 0. The fourth-order valence-corrected chi connectivity index (χ4v) is 2.08. The number of hydrogen-bond donors (Lipinski definition) is 0. The van der Waals surface area contributed by atoms with Crippen LogP contribution in [0.25, 0.3) is 0 Å². The van der Waals surface area contributed by atoms with E-state index in [4.69, 9.17) is 0 Å². The second-order valence-corrected chi connectivity index (χ2v) is 5.17. The van der Waals surface area contributed by atoms with Gasteiger partial charge in [-0.15, -0.1) is 6.58 Å². The van der Waals surface area contributed by atoms with Gasteiger partial charge < -0.3 is 4.90 Å². The van der Waals surface area contributed by atoms with Gasteiger partial charge in [-0.2, -0.15) is 0 Å². The molecule has 0 aromatic carbocycles. The van der Waals surface area contributed by atoms with Crippen molar-refractivity contribution in [2.75, 3.05) is 7.05 Å². The van der Waals surface area contributed by atoms with Crippen LogP contribution in [0.5, 0.6) is 0 Å². The third-order valence-electron chi connectivity index (χ3n) is 2.89. The minimum absolute atomic E-state index is 0.387. The van der Waals surface area contributed by atoms with E-state index in [1.54, 1.807) is 0 Å². The number of hydrogen-bond acceptors (Lipinski definition) is 1. The molecule has 0 heterocycles. The van der Waals surface area contributed by atoms with Crippen LogP contribution in [0, 0.1) is 5.92 Å². The summed E-state index contributed by atoms with van der Waals surface area (Å²) in [6, 6.07) is 0.387. The quantitative estimate of drug-likeness (QED) is 0.576. The lowest BCUT2D eigenvalue weighted by Gasteiger charge is -2.35. The minimum atomic E-state index is 0.387. The Hall–Kier alpha value is -0.980. The fraction of sp³-hybridized carbons (Fsp3) is 0.600. The lowest BCUT2D eigenvalue weighted by Crippen LogP contribution is -2.35. The van der Waals surface area contributed by atoms with Crippen LogP contribution in [-0.4, -0.2) is 18.0 Å². The van der Waals surface area contributed by atoms with Crippen LogP contribution >= 0.6 is 0 Å². The first-order valence-corrected chi connectivity index (χ1v) is 5.97. The third-order valence-corrected chi connectivity index (χ3v) is 2.89. The highest BCUT2D eigenvalue weighted by atomic mass is 15.1. The Morgan fingerprint density at radius 2 is 1.56 bits per heavy atom. The Labute approximate surface area is 102 Å². The van der Waals surface area contributed by atoms with Gasteiger partial charge in [0.25, 0.3) is 0 Å².